The summed E-state index contributed by atoms with van der Waals surface area (Å²) in [6, 6.07) is 14.1. The van der Waals surface area contributed by atoms with Gasteiger partial charge in [0, 0.05) is 24.9 Å². The SMILES string of the molecule is COCCNC(=O)c1cccc(NC(=O)Cc2ccc(OC)cc2)c1. The maximum Gasteiger partial charge on any atom is 0.251 e. The number of amides is 2. The van der Waals surface area contributed by atoms with E-state index in [-0.39, 0.29) is 18.2 Å². The Morgan fingerprint density at radius 1 is 1.04 bits per heavy atom. The highest BCUT2D eigenvalue weighted by Crippen LogP contribution is 2.14. The normalized spacial score (nSPS) is 10.2. The van der Waals surface area contributed by atoms with Crippen molar-refractivity contribution in [3.63, 3.8) is 0 Å². The van der Waals surface area contributed by atoms with Crippen molar-refractivity contribution >= 4 is 17.5 Å². The summed E-state index contributed by atoms with van der Waals surface area (Å²) in [5.74, 6) is 0.391. The number of ether oxygens (including phenoxy) is 2. The third kappa shape index (κ3) is 5.93. The molecule has 0 unspecified atom stereocenters. The van der Waals surface area contributed by atoms with Gasteiger partial charge in [-0.05, 0) is 35.9 Å². The summed E-state index contributed by atoms with van der Waals surface area (Å²) in [7, 11) is 3.17. The van der Waals surface area contributed by atoms with Gasteiger partial charge >= 0.3 is 0 Å². The number of hydrogen-bond acceptors (Lipinski definition) is 4. The van der Waals surface area contributed by atoms with E-state index in [0.717, 1.165) is 11.3 Å². The third-order valence-corrected chi connectivity index (χ3v) is 3.52. The van der Waals surface area contributed by atoms with Crippen LogP contribution >= 0.6 is 0 Å². The van der Waals surface area contributed by atoms with Crippen molar-refractivity contribution in [3.8, 4) is 5.75 Å². The van der Waals surface area contributed by atoms with Crippen molar-refractivity contribution in [1.82, 2.24) is 5.32 Å². The molecule has 0 heterocycles. The van der Waals surface area contributed by atoms with E-state index >= 15 is 0 Å². The number of methoxy groups -OCH3 is 2. The van der Waals surface area contributed by atoms with Gasteiger partial charge < -0.3 is 20.1 Å². The summed E-state index contributed by atoms with van der Waals surface area (Å²) < 4.78 is 9.99. The molecule has 2 aromatic carbocycles. The fourth-order valence-corrected chi connectivity index (χ4v) is 2.24. The lowest BCUT2D eigenvalue weighted by molar-refractivity contribution is -0.115. The van der Waals surface area contributed by atoms with Crippen molar-refractivity contribution in [1.29, 1.82) is 0 Å². The molecular weight excluding hydrogens is 320 g/mol. The number of hydrogen-bond donors (Lipinski definition) is 2. The number of benzene rings is 2. The highest BCUT2D eigenvalue weighted by Gasteiger charge is 2.08. The molecule has 0 aliphatic carbocycles. The Labute approximate surface area is 147 Å². The summed E-state index contributed by atoms with van der Waals surface area (Å²) in [4.78, 5) is 24.2. The fourth-order valence-electron chi connectivity index (χ4n) is 2.24. The first-order chi connectivity index (χ1) is 12.1. The van der Waals surface area contributed by atoms with Gasteiger partial charge in [-0.25, -0.2) is 0 Å². The number of anilines is 1. The summed E-state index contributed by atoms with van der Waals surface area (Å²) in [5.41, 5.74) is 1.95. The maximum atomic E-state index is 12.2. The van der Waals surface area contributed by atoms with Gasteiger partial charge in [-0.2, -0.15) is 0 Å². The minimum atomic E-state index is -0.205. The molecule has 2 amide bonds. The molecule has 2 rings (SSSR count). The molecular formula is C19H22N2O4. The van der Waals surface area contributed by atoms with Crippen LogP contribution in [0.2, 0.25) is 0 Å². The molecule has 6 nitrogen and oxygen atoms in total. The number of nitrogens with one attached hydrogen (secondary N) is 2. The molecule has 6 heteroatoms. The van der Waals surface area contributed by atoms with E-state index in [0.29, 0.717) is 24.4 Å². The van der Waals surface area contributed by atoms with Crippen LogP contribution in [0.4, 0.5) is 5.69 Å². The molecule has 2 N–H and O–H groups in total. The predicted molar refractivity (Wildman–Crippen MR) is 96.0 cm³/mol. The number of carbonyl (C=O) groups excluding carboxylic acids is 2. The van der Waals surface area contributed by atoms with Crippen LogP contribution in [-0.4, -0.2) is 39.2 Å². The molecule has 132 valence electrons. The Morgan fingerprint density at radius 2 is 1.80 bits per heavy atom. The van der Waals surface area contributed by atoms with Crippen LogP contribution in [-0.2, 0) is 16.0 Å². The summed E-state index contributed by atoms with van der Waals surface area (Å²) in [6.45, 7) is 0.882. The van der Waals surface area contributed by atoms with E-state index in [1.807, 2.05) is 24.3 Å². The Morgan fingerprint density at radius 3 is 2.48 bits per heavy atom. The number of carbonyl (C=O) groups is 2. The van der Waals surface area contributed by atoms with E-state index in [1.54, 1.807) is 38.5 Å². The minimum absolute atomic E-state index is 0.151. The van der Waals surface area contributed by atoms with E-state index in [1.165, 1.54) is 0 Å². The zero-order chi connectivity index (χ0) is 18.1. The quantitative estimate of drug-likeness (QED) is 0.722. The standard InChI is InChI=1S/C19H22N2O4/c1-24-11-10-20-19(23)15-4-3-5-16(13-15)21-18(22)12-14-6-8-17(25-2)9-7-14/h3-9,13H,10-12H2,1-2H3,(H,20,23)(H,21,22). The molecule has 0 bridgehead atoms. The largest absolute Gasteiger partial charge is 0.497 e. The average molecular weight is 342 g/mol. The van der Waals surface area contributed by atoms with Crippen LogP contribution in [0.25, 0.3) is 0 Å². The zero-order valence-corrected chi connectivity index (χ0v) is 14.4. The van der Waals surface area contributed by atoms with Gasteiger partial charge in [0.05, 0.1) is 20.1 Å². The van der Waals surface area contributed by atoms with E-state index in [4.69, 9.17) is 9.47 Å². The molecule has 0 aliphatic heterocycles. The van der Waals surface area contributed by atoms with Gasteiger partial charge in [-0.3, -0.25) is 9.59 Å². The molecule has 0 aromatic heterocycles. The summed E-state index contributed by atoms with van der Waals surface area (Å²) in [5, 5.41) is 5.55. The van der Waals surface area contributed by atoms with Crippen molar-refractivity contribution in [2.24, 2.45) is 0 Å². The van der Waals surface area contributed by atoms with Gasteiger partial charge in [0.2, 0.25) is 5.91 Å². The smallest absolute Gasteiger partial charge is 0.251 e. The summed E-state index contributed by atoms with van der Waals surface area (Å²) >= 11 is 0. The molecule has 0 spiro atoms. The monoisotopic (exact) mass is 342 g/mol. The lowest BCUT2D eigenvalue weighted by Crippen LogP contribution is -2.27. The van der Waals surface area contributed by atoms with Crippen molar-refractivity contribution in [3.05, 3.63) is 59.7 Å². The average Bonchev–Trinajstić information content (AvgIpc) is 2.62. The maximum absolute atomic E-state index is 12.2. The van der Waals surface area contributed by atoms with E-state index < -0.39 is 0 Å². The van der Waals surface area contributed by atoms with Crippen molar-refractivity contribution in [2.45, 2.75) is 6.42 Å². The first-order valence-electron chi connectivity index (χ1n) is 7.92. The second kappa shape index (κ2) is 9.44. The molecule has 2 aromatic rings. The van der Waals surface area contributed by atoms with Crippen molar-refractivity contribution in [2.75, 3.05) is 32.7 Å². The minimum Gasteiger partial charge on any atom is -0.497 e. The molecule has 0 aliphatic rings. The van der Waals surface area contributed by atoms with E-state index in [9.17, 15) is 9.59 Å². The molecule has 0 saturated carbocycles. The van der Waals surface area contributed by atoms with Gasteiger partial charge in [0.25, 0.3) is 5.91 Å². The van der Waals surface area contributed by atoms with Crippen LogP contribution < -0.4 is 15.4 Å². The second-order valence-corrected chi connectivity index (χ2v) is 5.40. The van der Waals surface area contributed by atoms with Crippen LogP contribution in [0, 0.1) is 0 Å². The van der Waals surface area contributed by atoms with Crippen LogP contribution in [0.1, 0.15) is 15.9 Å². The van der Waals surface area contributed by atoms with Crippen LogP contribution in [0.15, 0.2) is 48.5 Å². The van der Waals surface area contributed by atoms with E-state index in [2.05, 4.69) is 10.6 Å². The second-order valence-electron chi connectivity index (χ2n) is 5.40. The van der Waals surface area contributed by atoms with Gasteiger partial charge in [0.1, 0.15) is 5.75 Å². The van der Waals surface area contributed by atoms with Crippen LogP contribution in [0.5, 0.6) is 5.75 Å². The molecule has 0 fully saturated rings. The first kappa shape index (κ1) is 18.5. The predicted octanol–water partition coefficient (Wildman–Crippen LogP) is 2.25. The summed E-state index contributed by atoms with van der Waals surface area (Å²) in [6.07, 6.45) is 0.244. The van der Waals surface area contributed by atoms with Gasteiger partial charge in [0.15, 0.2) is 0 Å². The zero-order valence-electron chi connectivity index (χ0n) is 14.4. The Bertz CT molecular complexity index is 714. The number of rotatable bonds is 8. The molecule has 0 atom stereocenters. The van der Waals surface area contributed by atoms with Crippen LogP contribution in [0.3, 0.4) is 0 Å². The highest BCUT2D eigenvalue weighted by molar-refractivity contribution is 5.97. The lowest BCUT2D eigenvalue weighted by Gasteiger charge is -2.09. The van der Waals surface area contributed by atoms with Gasteiger partial charge in [-0.15, -0.1) is 0 Å². The first-order valence-corrected chi connectivity index (χ1v) is 7.92. The highest BCUT2D eigenvalue weighted by atomic mass is 16.5. The fraction of sp³-hybridized carbons (Fsp3) is 0.263. The van der Waals surface area contributed by atoms with Gasteiger partial charge in [-0.1, -0.05) is 18.2 Å². The lowest BCUT2D eigenvalue weighted by atomic mass is 10.1. The Balaban J connectivity index is 1.93. The Hall–Kier alpha value is -2.86. The topological polar surface area (TPSA) is 76.7 Å². The van der Waals surface area contributed by atoms with Crippen molar-refractivity contribution < 1.29 is 19.1 Å². The Kier molecular flexibility index (Phi) is 6.98. The molecule has 0 radical (unpaired) electrons. The third-order valence-electron chi connectivity index (χ3n) is 3.52. The molecule has 0 saturated heterocycles. The molecule has 25 heavy (non-hydrogen) atoms.